The molecule has 0 spiro atoms. The number of sulfonamides is 2. The van der Waals surface area contributed by atoms with Gasteiger partial charge < -0.3 is 79.7 Å². The minimum atomic E-state index is -4.03. The Bertz CT molecular complexity index is 6490. The molecule has 0 saturated heterocycles. The maximum Gasteiger partial charge on any atom is 0.323 e. The minimum absolute atomic E-state index is 0.0429. The molecule has 3 amide bonds. The molecule has 656 valence electrons. The van der Waals surface area contributed by atoms with Crippen molar-refractivity contribution in [1.82, 2.24) is 55.7 Å². The first kappa shape index (κ1) is 91.5. The second-order valence-electron chi connectivity index (χ2n) is 28.2. The highest BCUT2D eigenvalue weighted by atomic mass is 35.5. The number of nitrogens with one attached hydrogen (secondary N) is 10. The van der Waals surface area contributed by atoms with Crippen molar-refractivity contribution in [1.29, 1.82) is 0 Å². The Hall–Kier alpha value is -16.7. The smallest absolute Gasteiger partial charge is 0.323 e. The van der Waals surface area contributed by atoms with Crippen LogP contribution in [0.3, 0.4) is 0 Å². The summed E-state index contributed by atoms with van der Waals surface area (Å²) in [6.45, 7) is 11.2. The number of guanidine groups is 1. The highest BCUT2D eigenvalue weighted by Crippen LogP contribution is 2.27. The Labute approximate surface area is 748 Å². The van der Waals surface area contributed by atoms with Gasteiger partial charge in [-0.15, -0.1) is 8.80 Å². The van der Waals surface area contributed by atoms with Crippen LogP contribution < -0.4 is 90.5 Å². The van der Waals surface area contributed by atoms with Crippen LogP contribution in [0.5, 0.6) is 18.0 Å². The van der Waals surface area contributed by atoms with Crippen molar-refractivity contribution in [3.8, 4) is 18.0 Å². The number of anilines is 11. The number of benzene rings is 11. The molecule has 18 N–H and O–H groups in total. The van der Waals surface area contributed by atoms with Gasteiger partial charge in [0, 0.05) is 69.8 Å². The fourth-order valence-electron chi connectivity index (χ4n) is 11.4. The summed E-state index contributed by atoms with van der Waals surface area (Å²) >= 11 is 5.98. The highest BCUT2D eigenvalue weighted by molar-refractivity contribution is 7.90. The summed E-state index contributed by atoms with van der Waals surface area (Å²) in [5, 5.41) is 25.2. The zero-order valence-corrected chi connectivity index (χ0v) is 72.0. The molecule has 0 aliphatic carbocycles. The van der Waals surface area contributed by atoms with Crippen molar-refractivity contribution in [2.75, 3.05) is 42.5 Å². The molecule has 0 fully saturated rings. The topological polar surface area (TPSA) is 512 Å². The van der Waals surface area contributed by atoms with Gasteiger partial charge in [0.25, 0.3) is 37.8 Å². The first-order chi connectivity index (χ1) is 62.2. The van der Waals surface area contributed by atoms with E-state index < -0.39 is 37.8 Å². The number of nitrogens with zero attached hydrogens (tertiary/aromatic N) is 11. The first-order valence-electron chi connectivity index (χ1n) is 39.4. The Morgan fingerprint density at radius 2 is 0.698 bits per heavy atom. The molecule has 14 aromatic rings. The van der Waals surface area contributed by atoms with Crippen LogP contribution in [-0.2, 0) is 59.5 Å². The van der Waals surface area contributed by atoms with E-state index in [9.17, 15) is 31.2 Å². The maximum atomic E-state index is 13.0. The third-order valence-electron chi connectivity index (χ3n) is 17.8. The van der Waals surface area contributed by atoms with Crippen LogP contribution in [0.2, 0.25) is 5.02 Å². The van der Waals surface area contributed by atoms with Gasteiger partial charge in [-0.25, -0.2) is 0 Å². The first-order valence-corrected chi connectivity index (χ1v) is 42.7. The van der Waals surface area contributed by atoms with Gasteiger partial charge in [0.2, 0.25) is 41.6 Å². The van der Waals surface area contributed by atoms with Gasteiger partial charge in [0.1, 0.15) is 31.5 Å². The van der Waals surface area contributed by atoms with Gasteiger partial charge in [-0.3, -0.25) is 25.2 Å². The van der Waals surface area contributed by atoms with Gasteiger partial charge in [-0.1, -0.05) is 193 Å². The quantitative estimate of drug-likeness (QED) is 0.00996. The standard InChI is InChI=1S/C33H32N8O4S.C32H31N9O4S.C26H25ClN8O2/c1-22-11-13-24(14-12-22)20-35-31-38-32(40-33(39-31)45-21-25-7-4-3-5-8-25)37-28-10-6-9-26(19-28)30(42)36-27-15-17-29(18-16-27)46(43,44)41-23(2)34;1-21-7-9-22(10-8-21)19-35-30-38-31(40-32(39-30)45-20-23-5-3-2-4-6-23)37-26-13-11-24(12-14-26)28(42)36-25-15-17-27(18-16-25)46(43,44)41-29(33)34;1-17(28)34-35-23(36)20-8-5-9-22(14-20)30-25-31-24(29-15-18-10-12-21(27)13-11-18)32-26(33-25)37-16-19-6-3-2-4-7-19/h3-19H,20-21H2,1-2H3,(H2,34,41)(H,36,42)(H2,35,37,38,39,40);2-18H,19-20H2,1H3,(H,36,42)(H4,33,34,41)(H2,35,37,38,39,40);2-14,34H,1,15-16,28H2,(H,35,36)(H2,29,30,31,32,33). The summed E-state index contributed by atoms with van der Waals surface area (Å²) < 4.78 is 73.1. The summed E-state index contributed by atoms with van der Waals surface area (Å²) in [4.78, 5) is 78.1. The molecule has 0 unspecified atom stereocenters. The molecule has 38 heteroatoms. The monoisotopic (exact) mass is 1790 g/mol. The summed E-state index contributed by atoms with van der Waals surface area (Å²) in [6, 6.07) is 84.5. The van der Waals surface area contributed by atoms with Crippen LogP contribution in [0.15, 0.2) is 316 Å². The zero-order chi connectivity index (χ0) is 91.1. The van der Waals surface area contributed by atoms with E-state index in [4.69, 9.17) is 48.7 Å². The predicted octanol–water partition coefficient (Wildman–Crippen LogP) is 13.9. The zero-order valence-electron chi connectivity index (χ0n) is 69.6. The van der Waals surface area contributed by atoms with Crippen molar-refractivity contribution >= 4 is 125 Å². The average Bonchev–Trinajstić information content (AvgIpc) is 0.836. The number of amides is 3. The van der Waals surface area contributed by atoms with Crippen molar-refractivity contribution in [3.05, 3.63) is 364 Å². The van der Waals surface area contributed by atoms with Crippen molar-refractivity contribution < 1.29 is 45.4 Å². The lowest BCUT2D eigenvalue weighted by atomic mass is 10.1. The van der Waals surface area contributed by atoms with E-state index in [2.05, 4.69) is 114 Å². The van der Waals surface area contributed by atoms with Crippen LogP contribution in [0, 0.1) is 13.8 Å². The second kappa shape index (κ2) is 44.6. The molecule has 0 aliphatic rings. The number of hydrogen-bond donors (Lipinski definition) is 14. The fourth-order valence-corrected chi connectivity index (χ4v) is 13.4. The molecule has 0 atom stereocenters. The Balaban J connectivity index is 0.000000177. The second-order valence-corrected chi connectivity index (χ2v) is 31.8. The lowest BCUT2D eigenvalue weighted by Crippen LogP contribution is -2.38. The van der Waals surface area contributed by atoms with E-state index in [-0.39, 0.29) is 83.1 Å². The van der Waals surface area contributed by atoms with Gasteiger partial charge in [-0.2, -0.15) is 61.7 Å². The van der Waals surface area contributed by atoms with Gasteiger partial charge in [0.15, 0.2) is 0 Å². The van der Waals surface area contributed by atoms with Crippen molar-refractivity contribution in [2.24, 2.45) is 31.7 Å². The molecule has 11 aromatic carbocycles. The number of carbonyl (C=O) groups excluding carboxylic acids is 3. The lowest BCUT2D eigenvalue weighted by molar-refractivity contribution is 0.0937. The number of halogens is 1. The van der Waals surface area contributed by atoms with Crippen molar-refractivity contribution in [3.63, 3.8) is 0 Å². The average molecular weight is 1790 g/mol. The number of amidine groups is 1. The van der Waals surface area contributed by atoms with E-state index >= 15 is 0 Å². The number of ether oxygens (including phenoxy) is 3. The molecule has 129 heavy (non-hydrogen) atoms. The molecule has 3 aromatic heterocycles. The van der Waals surface area contributed by atoms with E-state index in [0.29, 0.717) is 87.6 Å². The van der Waals surface area contributed by atoms with Crippen molar-refractivity contribution in [2.45, 2.75) is 70.0 Å². The normalized spacial score (nSPS) is 10.9. The molecule has 3 heterocycles. The molecule has 35 nitrogen and oxygen atoms in total. The Morgan fingerprint density at radius 1 is 0.357 bits per heavy atom. The number of carbonyl (C=O) groups is 3. The maximum absolute atomic E-state index is 13.0. The molecular formula is C91H88ClN25O10S2. The predicted molar refractivity (Wildman–Crippen MR) is 497 cm³/mol. The summed E-state index contributed by atoms with van der Waals surface area (Å²) in [7, 11) is -7.96. The van der Waals surface area contributed by atoms with Gasteiger partial charge in [0.05, 0.1) is 9.79 Å². The van der Waals surface area contributed by atoms with E-state index in [1.165, 1.54) is 66.6 Å². The summed E-state index contributed by atoms with van der Waals surface area (Å²) in [6.07, 6.45) is 0. The van der Waals surface area contributed by atoms with Crippen LogP contribution in [0.1, 0.15) is 82.5 Å². The third-order valence-corrected chi connectivity index (χ3v) is 20.8. The highest BCUT2D eigenvalue weighted by Gasteiger charge is 2.20. The summed E-state index contributed by atoms with van der Waals surface area (Å²) in [5.74, 6) is -0.0561. The minimum Gasteiger partial charge on any atom is -0.458 e. The Morgan fingerprint density at radius 3 is 1.07 bits per heavy atom. The van der Waals surface area contributed by atoms with Crippen LogP contribution >= 0.6 is 11.6 Å². The number of hydrazine groups is 1. The molecule has 14 rings (SSSR count). The fraction of sp³-hybridized carbons (Fsp3) is 0.0989. The number of rotatable bonds is 35. The van der Waals surface area contributed by atoms with E-state index in [1.54, 1.807) is 72.8 Å². The largest absolute Gasteiger partial charge is 0.458 e. The number of aryl methyl sites for hydroxylation is 2. The van der Waals surface area contributed by atoms with Gasteiger partial charge >= 0.3 is 18.0 Å². The summed E-state index contributed by atoms with van der Waals surface area (Å²) in [5.41, 5.74) is 38.1. The van der Waals surface area contributed by atoms with Crippen LogP contribution in [-0.4, -0.2) is 91.2 Å². The van der Waals surface area contributed by atoms with E-state index in [1.807, 2.05) is 178 Å². The van der Waals surface area contributed by atoms with Gasteiger partial charge in [-0.05, 0) is 175 Å². The number of aromatic nitrogens is 9. The lowest BCUT2D eigenvalue weighted by Gasteiger charge is -2.12. The van der Waals surface area contributed by atoms with Crippen LogP contribution in [0.25, 0.3) is 0 Å². The van der Waals surface area contributed by atoms with Crippen LogP contribution in [0.4, 0.5) is 64.1 Å². The number of hydrogen-bond acceptors (Lipinski definition) is 27. The number of nitrogens with two attached hydrogens (primary N) is 4. The molecule has 0 saturated carbocycles. The molecule has 0 radical (unpaired) electrons. The third kappa shape index (κ3) is 29.5. The Kier molecular flexibility index (Phi) is 31.6. The molecular weight excluding hydrogens is 1700 g/mol. The molecule has 0 aliphatic heterocycles. The molecule has 0 bridgehead atoms. The van der Waals surface area contributed by atoms with E-state index in [0.717, 1.165) is 33.4 Å². The SMILES string of the molecule is C=C(N)NNC(=O)c1cccc(Nc2nc(NCc3ccc(Cl)cc3)nc(OCc3ccccc3)n2)c1.CC(N)=NS(=O)(=O)c1ccc(NC(=O)c2cccc(Nc3nc(NCc4ccc(C)cc4)nc(OCc4ccccc4)n3)c2)cc1.Cc1ccc(CNc2nc(Nc3ccc(C(=O)Nc4ccc(S(=O)(=O)N=C(N)N)cc4)cc3)nc(OCc3ccccc3)n2)cc1.